The van der Waals surface area contributed by atoms with Crippen LogP contribution in [-0.4, -0.2) is 18.5 Å². The van der Waals surface area contributed by atoms with E-state index in [0.29, 0.717) is 17.6 Å². The Morgan fingerprint density at radius 1 is 1.17 bits per heavy atom. The molecule has 5 nitrogen and oxygen atoms in total. The Labute approximate surface area is 134 Å². The Morgan fingerprint density at radius 2 is 1.92 bits per heavy atom. The van der Waals surface area contributed by atoms with Gasteiger partial charge in [-0.25, -0.2) is 18.0 Å². The van der Waals surface area contributed by atoms with Gasteiger partial charge in [0.15, 0.2) is 24.1 Å². The summed E-state index contributed by atoms with van der Waals surface area (Å²) >= 11 is 0. The first-order valence-corrected chi connectivity index (χ1v) is 6.71. The zero-order valence-corrected chi connectivity index (χ0v) is 12.4. The van der Waals surface area contributed by atoms with Crippen molar-refractivity contribution in [2.75, 3.05) is 11.9 Å². The summed E-state index contributed by atoms with van der Waals surface area (Å²) in [7, 11) is 0. The molecule has 0 spiro atoms. The highest BCUT2D eigenvalue weighted by atomic mass is 19.2. The molecular formula is C16H12F3NO4. The van der Waals surface area contributed by atoms with E-state index in [2.05, 4.69) is 4.74 Å². The molecule has 1 aromatic heterocycles. The van der Waals surface area contributed by atoms with Gasteiger partial charge in [0.2, 0.25) is 0 Å². The van der Waals surface area contributed by atoms with E-state index in [1.807, 2.05) is 5.32 Å². The SMILES string of the molecule is Cc1ccc(C=CC(=O)OCC(=O)Nc2ccc(F)c(F)c2F)o1. The van der Waals surface area contributed by atoms with Crippen molar-refractivity contribution in [2.45, 2.75) is 6.92 Å². The number of hydrogen-bond acceptors (Lipinski definition) is 4. The molecular weight excluding hydrogens is 327 g/mol. The Bertz CT molecular complexity index is 799. The van der Waals surface area contributed by atoms with Crippen LogP contribution in [0.15, 0.2) is 34.8 Å². The van der Waals surface area contributed by atoms with E-state index < -0.39 is 41.6 Å². The Balaban J connectivity index is 1.86. The molecule has 2 aromatic rings. The number of nitrogens with one attached hydrogen (secondary N) is 1. The summed E-state index contributed by atoms with van der Waals surface area (Å²) in [6, 6.07) is 4.85. The summed E-state index contributed by atoms with van der Waals surface area (Å²) in [6.45, 7) is 1.01. The van der Waals surface area contributed by atoms with E-state index in [9.17, 15) is 22.8 Å². The third kappa shape index (κ3) is 4.48. The van der Waals surface area contributed by atoms with Crippen LogP contribution in [0, 0.1) is 24.4 Å². The molecule has 126 valence electrons. The molecule has 0 bridgehead atoms. The molecule has 8 heteroatoms. The summed E-state index contributed by atoms with van der Waals surface area (Å²) < 4.78 is 49.0. The second-order valence-electron chi connectivity index (χ2n) is 4.66. The lowest BCUT2D eigenvalue weighted by Crippen LogP contribution is -2.21. The first kappa shape index (κ1) is 17.3. The van der Waals surface area contributed by atoms with Gasteiger partial charge < -0.3 is 14.5 Å². The van der Waals surface area contributed by atoms with Crippen LogP contribution in [-0.2, 0) is 14.3 Å². The number of furan rings is 1. The third-order valence-corrected chi connectivity index (χ3v) is 2.80. The predicted molar refractivity (Wildman–Crippen MR) is 78.4 cm³/mol. The molecule has 1 heterocycles. The van der Waals surface area contributed by atoms with E-state index in [-0.39, 0.29) is 0 Å². The number of benzene rings is 1. The minimum Gasteiger partial charge on any atom is -0.462 e. The van der Waals surface area contributed by atoms with Crippen molar-refractivity contribution in [3.05, 3.63) is 59.3 Å². The molecule has 1 amide bonds. The van der Waals surface area contributed by atoms with Crippen molar-refractivity contribution in [1.29, 1.82) is 0 Å². The lowest BCUT2D eigenvalue weighted by molar-refractivity contribution is -0.142. The van der Waals surface area contributed by atoms with Crippen LogP contribution < -0.4 is 5.32 Å². The molecule has 24 heavy (non-hydrogen) atoms. The van der Waals surface area contributed by atoms with E-state index in [1.54, 1.807) is 19.1 Å². The first-order chi connectivity index (χ1) is 11.4. The summed E-state index contributed by atoms with van der Waals surface area (Å²) in [6.07, 6.45) is 2.39. The van der Waals surface area contributed by atoms with Gasteiger partial charge in [-0.1, -0.05) is 0 Å². The minimum absolute atomic E-state index is 0.428. The number of aryl methyl sites for hydroxylation is 1. The second kappa shape index (κ2) is 7.49. The number of amides is 1. The highest BCUT2D eigenvalue weighted by Gasteiger charge is 2.15. The smallest absolute Gasteiger partial charge is 0.331 e. The average molecular weight is 339 g/mol. The van der Waals surface area contributed by atoms with Crippen LogP contribution in [0.1, 0.15) is 11.5 Å². The number of ether oxygens (including phenoxy) is 1. The fourth-order valence-electron chi connectivity index (χ4n) is 1.69. The molecule has 0 aliphatic rings. The van der Waals surface area contributed by atoms with Crippen molar-refractivity contribution >= 4 is 23.6 Å². The lowest BCUT2D eigenvalue weighted by Gasteiger charge is -2.07. The maximum Gasteiger partial charge on any atom is 0.331 e. The van der Waals surface area contributed by atoms with Crippen molar-refractivity contribution in [3.63, 3.8) is 0 Å². The molecule has 0 unspecified atom stereocenters. The first-order valence-electron chi connectivity index (χ1n) is 6.71. The maximum atomic E-state index is 13.4. The van der Waals surface area contributed by atoms with Crippen LogP contribution in [0.4, 0.5) is 18.9 Å². The maximum absolute atomic E-state index is 13.4. The van der Waals surface area contributed by atoms with Crippen molar-refractivity contribution < 1.29 is 31.9 Å². The normalized spacial score (nSPS) is 10.8. The monoisotopic (exact) mass is 339 g/mol. The number of esters is 1. The molecule has 0 atom stereocenters. The van der Waals surface area contributed by atoms with Gasteiger partial charge >= 0.3 is 5.97 Å². The largest absolute Gasteiger partial charge is 0.462 e. The quantitative estimate of drug-likeness (QED) is 0.516. The average Bonchev–Trinajstić information content (AvgIpc) is 2.97. The Hall–Kier alpha value is -3.03. The van der Waals surface area contributed by atoms with Crippen molar-refractivity contribution in [2.24, 2.45) is 0 Å². The van der Waals surface area contributed by atoms with Gasteiger partial charge in [-0.05, 0) is 37.3 Å². The van der Waals surface area contributed by atoms with Crippen molar-refractivity contribution in [1.82, 2.24) is 0 Å². The summed E-state index contributed by atoms with van der Waals surface area (Å²) in [5.41, 5.74) is -0.559. The molecule has 0 aliphatic carbocycles. The summed E-state index contributed by atoms with van der Waals surface area (Å²) in [5, 5.41) is 1.97. The van der Waals surface area contributed by atoms with E-state index in [4.69, 9.17) is 4.42 Å². The van der Waals surface area contributed by atoms with Crippen LogP contribution in [0.5, 0.6) is 0 Å². The van der Waals surface area contributed by atoms with Gasteiger partial charge in [-0.2, -0.15) is 0 Å². The summed E-state index contributed by atoms with van der Waals surface area (Å²) in [5.74, 6) is -5.27. The highest BCUT2D eigenvalue weighted by molar-refractivity contribution is 5.94. The number of anilines is 1. The number of carbonyl (C=O) groups is 2. The standard InChI is InChI=1S/C16H12F3NO4/c1-9-2-3-10(24-9)4-7-14(22)23-8-13(21)20-12-6-5-11(17)15(18)16(12)19/h2-7H,8H2,1H3,(H,20,21). The van der Waals surface area contributed by atoms with E-state index in [1.165, 1.54) is 6.08 Å². The molecule has 1 aromatic carbocycles. The fourth-order valence-corrected chi connectivity index (χ4v) is 1.69. The number of carbonyl (C=O) groups excluding carboxylic acids is 2. The van der Waals surface area contributed by atoms with Crippen molar-refractivity contribution in [3.8, 4) is 0 Å². The Kier molecular flexibility index (Phi) is 5.41. The third-order valence-electron chi connectivity index (χ3n) is 2.80. The highest BCUT2D eigenvalue weighted by Crippen LogP contribution is 2.19. The topological polar surface area (TPSA) is 68.5 Å². The number of rotatable bonds is 5. The molecule has 0 fully saturated rings. The van der Waals surface area contributed by atoms with Gasteiger partial charge in [-0.15, -0.1) is 0 Å². The number of hydrogen-bond donors (Lipinski definition) is 1. The van der Waals surface area contributed by atoms with Gasteiger partial charge in [0, 0.05) is 6.08 Å². The summed E-state index contributed by atoms with van der Waals surface area (Å²) in [4.78, 5) is 23.0. The lowest BCUT2D eigenvalue weighted by atomic mass is 10.3. The van der Waals surface area contributed by atoms with Gasteiger partial charge in [0.05, 0.1) is 5.69 Å². The molecule has 1 N–H and O–H groups in total. The zero-order chi connectivity index (χ0) is 17.7. The van der Waals surface area contributed by atoms with Crippen LogP contribution >= 0.6 is 0 Å². The van der Waals surface area contributed by atoms with Gasteiger partial charge in [-0.3, -0.25) is 4.79 Å². The molecule has 0 saturated carbocycles. The molecule has 0 saturated heterocycles. The van der Waals surface area contributed by atoms with Crippen LogP contribution in [0.3, 0.4) is 0 Å². The van der Waals surface area contributed by atoms with E-state index >= 15 is 0 Å². The van der Waals surface area contributed by atoms with E-state index in [0.717, 1.165) is 12.1 Å². The number of halogens is 3. The molecule has 0 aliphatic heterocycles. The predicted octanol–water partition coefficient (Wildman–Crippen LogP) is 3.20. The molecule has 0 radical (unpaired) electrons. The molecule has 2 rings (SSSR count). The minimum atomic E-state index is -1.71. The second-order valence-corrected chi connectivity index (χ2v) is 4.66. The Morgan fingerprint density at radius 3 is 2.58 bits per heavy atom. The van der Waals surface area contributed by atoms with Crippen LogP contribution in [0.2, 0.25) is 0 Å². The zero-order valence-electron chi connectivity index (χ0n) is 12.4. The fraction of sp³-hybridized carbons (Fsp3) is 0.125. The van der Waals surface area contributed by atoms with Gasteiger partial charge in [0.25, 0.3) is 5.91 Å². The van der Waals surface area contributed by atoms with Crippen LogP contribution in [0.25, 0.3) is 6.08 Å². The van der Waals surface area contributed by atoms with Gasteiger partial charge in [0.1, 0.15) is 11.5 Å².